The van der Waals surface area contributed by atoms with Gasteiger partial charge in [0.2, 0.25) is 0 Å². The summed E-state index contributed by atoms with van der Waals surface area (Å²) in [6.07, 6.45) is 0. The molecule has 10 heavy (non-hydrogen) atoms. The van der Waals surface area contributed by atoms with Crippen LogP contribution in [0.3, 0.4) is 0 Å². The Hall–Kier alpha value is -0.950. The number of nitro groups is 1. The van der Waals surface area contributed by atoms with Crippen molar-refractivity contribution in [3.8, 4) is 0 Å². The molecule has 50 valence electrons. The van der Waals surface area contributed by atoms with E-state index in [1.807, 2.05) is 0 Å². The van der Waals surface area contributed by atoms with Crippen molar-refractivity contribution < 1.29 is 4.92 Å². The summed E-state index contributed by atoms with van der Waals surface area (Å²) in [6, 6.07) is 6.01. The topological polar surface area (TPSA) is 43.1 Å². The van der Waals surface area contributed by atoms with Crippen LogP contribution in [-0.2, 0) is 0 Å². The van der Waals surface area contributed by atoms with Crippen molar-refractivity contribution in [2.75, 3.05) is 0 Å². The molecule has 0 amide bonds. The third-order valence-electron chi connectivity index (χ3n) is 1.06. The molecule has 0 unspecified atom stereocenters. The molecule has 0 aliphatic carbocycles. The number of nitrogens with zero attached hydrogens (tertiary/aromatic N) is 1. The second-order valence-electron chi connectivity index (χ2n) is 1.77. The van der Waals surface area contributed by atoms with Gasteiger partial charge in [0.1, 0.15) is 0 Å². The third-order valence-corrected chi connectivity index (χ3v) is 1.36. The predicted molar refractivity (Wildman–Crippen MR) is 39.7 cm³/mol. The molecule has 1 aromatic carbocycles. The SMILES string of the molecule is O=[N+]([O-])c1ccc([P])cc1. The zero-order chi connectivity index (χ0) is 7.56. The van der Waals surface area contributed by atoms with Crippen LogP contribution < -0.4 is 5.30 Å². The molecule has 1 rings (SSSR count). The molecule has 0 heterocycles. The molecule has 0 spiro atoms. The van der Waals surface area contributed by atoms with Gasteiger partial charge in [0, 0.05) is 12.1 Å². The van der Waals surface area contributed by atoms with Gasteiger partial charge in [0.15, 0.2) is 0 Å². The minimum absolute atomic E-state index is 0.0952. The molecule has 0 atom stereocenters. The Bertz CT molecular complexity index is 244. The maximum Gasteiger partial charge on any atom is 0.269 e. The molecular formula is C6H4NO2P. The van der Waals surface area contributed by atoms with Crippen molar-refractivity contribution in [3.63, 3.8) is 0 Å². The first-order chi connectivity index (χ1) is 4.70. The molecular weight excluding hydrogens is 149 g/mol. The van der Waals surface area contributed by atoms with E-state index < -0.39 is 4.92 Å². The van der Waals surface area contributed by atoms with E-state index in [1.165, 1.54) is 12.1 Å². The van der Waals surface area contributed by atoms with Gasteiger partial charge in [-0.05, 0) is 26.7 Å². The predicted octanol–water partition coefficient (Wildman–Crippen LogP) is 1.63. The van der Waals surface area contributed by atoms with E-state index in [-0.39, 0.29) is 5.69 Å². The lowest BCUT2D eigenvalue weighted by Crippen LogP contribution is -1.91. The van der Waals surface area contributed by atoms with Crippen molar-refractivity contribution in [2.45, 2.75) is 0 Å². The van der Waals surface area contributed by atoms with Crippen LogP contribution in [0.15, 0.2) is 24.3 Å². The minimum atomic E-state index is -0.437. The highest BCUT2D eigenvalue weighted by Gasteiger charge is 2.00. The first-order valence-electron chi connectivity index (χ1n) is 2.63. The standard InChI is InChI=1S/C6H4NO2P/c8-7(9)5-1-3-6(10)4-2-5/h1-4H. The van der Waals surface area contributed by atoms with Crippen LogP contribution >= 0.6 is 9.24 Å². The summed E-state index contributed by atoms with van der Waals surface area (Å²) >= 11 is 0. The van der Waals surface area contributed by atoms with E-state index in [0.717, 1.165) is 5.30 Å². The summed E-state index contributed by atoms with van der Waals surface area (Å²) in [5, 5.41) is 10.8. The molecule has 0 aliphatic rings. The van der Waals surface area contributed by atoms with Crippen LogP contribution in [0, 0.1) is 10.1 Å². The molecule has 0 aliphatic heterocycles. The van der Waals surface area contributed by atoms with Gasteiger partial charge >= 0.3 is 0 Å². The fourth-order valence-electron chi connectivity index (χ4n) is 0.574. The van der Waals surface area contributed by atoms with Gasteiger partial charge in [0.05, 0.1) is 4.92 Å². The maximum absolute atomic E-state index is 10.1. The Morgan fingerprint density at radius 3 is 2.20 bits per heavy atom. The molecule has 2 radical (unpaired) electrons. The van der Waals surface area contributed by atoms with E-state index in [9.17, 15) is 10.1 Å². The Labute approximate surface area is 60.4 Å². The Morgan fingerprint density at radius 1 is 1.30 bits per heavy atom. The largest absolute Gasteiger partial charge is 0.269 e. The highest BCUT2D eigenvalue weighted by Crippen LogP contribution is 2.07. The average Bonchev–Trinajstić information content (AvgIpc) is 1.88. The number of hydrogen-bond acceptors (Lipinski definition) is 2. The lowest BCUT2D eigenvalue weighted by molar-refractivity contribution is -0.384. The van der Waals surface area contributed by atoms with Crippen LogP contribution in [0.5, 0.6) is 0 Å². The van der Waals surface area contributed by atoms with Gasteiger partial charge in [-0.15, -0.1) is 0 Å². The van der Waals surface area contributed by atoms with Crippen LogP contribution in [0.25, 0.3) is 0 Å². The highest BCUT2D eigenvalue weighted by atomic mass is 31.0. The quantitative estimate of drug-likeness (QED) is 0.349. The van der Waals surface area contributed by atoms with Gasteiger partial charge in [-0.2, -0.15) is 0 Å². The van der Waals surface area contributed by atoms with E-state index in [1.54, 1.807) is 12.1 Å². The normalized spacial score (nSPS) is 9.30. The second-order valence-corrected chi connectivity index (χ2v) is 2.29. The van der Waals surface area contributed by atoms with Gasteiger partial charge in [-0.25, -0.2) is 0 Å². The van der Waals surface area contributed by atoms with Gasteiger partial charge in [0.25, 0.3) is 5.69 Å². The van der Waals surface area contributed by atoms with Crippen LogP contribution in [-0.4, -0.2) is 4.92 Å². The van der Waals surface area contributed by atoms with E-state index >= 15 is 0 Å². The van der Waals surface area contributed by atoms with E-state index in [0.29, 0.717) is 0 Å². The number of hydrogen-bond donors (Lipinski definition) is 0. The van der Waals surface area contributed by atoms with Gasteiger partial charge in [-0.3, -0.25) is 10.1 Å². The molecule has 0 saturated heterocycles. The molecule has 0 fully saturated rings. The molecule has 0 N–H and O–H groups in total. The summed E-state index contributed by atoms with van der Waals surface area (Å²) in [7, 11) is 3.98. The summed E-state index contributed by atoms with van der Waals surface area (Å²) < 4.78 is 0. The molecule has 0 aromatic heterocycles. The maximum atomic E-state index is 10.1. The first-order valence-corrected chi connectivity index (χ1v) is 3.08. The van der Waals surface area contributed by atoms with Crippen molar-refractivity contribution in [1.29, 1.82) is 0 Å². The van der Waals surface area contributed by atoms with Crippen LogP contribution in [0.4, 0.5) is 5.69 Å². The summed E-state index contributed by atoms with van der Waals surface area (Å²) in [6.45, 7) is 0. The lowest BCUT2D eigenvalue weighted by atomic mass is 10.3. The number of benzene rings is 1. The third kappa shape index (κ3) is 1.52. The van der Waals surface area contributed by atoms with E-state index in [4.69, 9.17) is 0 Å². The molecule has 0 saturated carbocycles. The first kappa shape index (κ1) is 7.16. The molecule has 0 bridgehead atoms. The zero-order valence-electron chi connectivity index (χ0n) is 5.02. The summed E-state index contributed by atoms with van der Waals surface area (Å²) in [5.41, 5.74) is 0.0952. The Kier molecular flexibility index (Phi) is 1.97. The lowest BCUT2D eigenvalue weighted by Gasteiger charge is -1.89. The zero-order valence-corrected chi connectivity index (χ0v) is 5.91. The second kappa shape index (κ2) is 2.76. The van der Waals surface area contributed by atoms with Crippen molar-refractivity contribution in [2.24, 2.45) is 0 Å². The summed E-state index contributed by atoms with van der Waals surface area (Å²) in [5.74, 6) is 0. The van der Waals surface area contributed by atoms with E-state index in [2.05, 4.69) is 9.24 Å². The number of nitro benzene ring substituents is 1. The smallest absolute Gasteiger partial charge is 0.258 e. The van der Waals surface area contributed by atoms with Crippen molar-refractivity contribution >= 4 is 20.2 Å². The van der Waals surface area contributed by atoms with Crippen LogP contribution in [0.1, 0.15) is 0 Å². The minimum Gasteiger partial charge on any atom is -0.258 e. The molecule has 3 nitrogen and oxygen atoms in total. The van der Waals surface area contributed by atoms with Gasteiger partial charge in [-0.1, -0.05) is 0 Å². The van der Waals surface area contributed by atoms with Crippen molar-refractivity contribution in [3.05, 3.63) is 34.4 Å². The fourth-order valence-corrected chi connectivity index (χ4v) is 0.723. The fraction of sp³-hybridized carbons (Fsp3) is 0. The molecule has 1 aromatic rings. The Balaban J connectivity index is 3.00. The summed E-state index contributed by atoms with van der Waals surface area (Å²) in [4.78, 5) is 9.66. The van der Waals surface area contributed by atoms with Crippen molar-refractivity contribution in [1.82, 2.24) is 0 Å². The van der Waals surface area contributed by atoms with Gasteiger partial charge < -0.3 is 0 Å². The Morgan fingerprint density at radius 2 is 1.80 bits per heavy atom. The van der Waals surface area contributed by atoms with Crippen LogP contribution in [0.2, 0.25) is 0 Å². The average molecular weight is 153 g/mol. The number of non-ortho nitro benzene ring substituents is 1. The highest BCUT2D eigenvalue weighted by molar-refractivity contribution is 7.27. The monoisotopic (exact) mass is 153 g/mol. The molecule has 4 heteroatoms. The number of rotatable bonds is 1.